The molecule has 130 valence electrons. The molecule has 0 saturated carbocycles. The number of nitrogens with one attached hydrogen (secondary N) is 1. The zero-order chi connectivity index (χ0) is 17.4. The third kappa shape index (κ3) is 6.27. The maximum atomic E-state index is 11.9. The number of aryl methyl sites for hydroxylation is 1. The van der Waals surface area contributed by atoms with Gasteiger partial charge in [0.25, 0.3) is 0 Å². The number of likely N-dealkylation sites (N-methyl/N-ethyl adjacent to an activating group) is 1. The van der Waals surface area contributed by atoms with Crippen molar-refractivity contribution in [3.8, 4) is 5.75 Å². The number of nitrogens with zero attached hydrogens (tertiary/aromatic N) is 2. The summed E-state index contributed by atoms with van der Waals surface area (Å²) in [4.78, 5) is 16.4. The maximum Gasteiger partial charge on any atom is 0.240 e. The number of amides is 1. The third-order valence-corrected chi connectivity index (χ3v) is 4.14. The fourth-order valence-electron chi connectivity index (χ4n) is 1.98. The van der Waals surface area contributed by atoms with Crippen LogP contribution in [-0.4, -0.2) is 43.2 Å². The molecule has 1 aromatic carbocycles. The van der Waals surface area contributed by atoms with Gasteiger partial charge in [-0.25, -0.2) is 9.99 Å². The van der Waals surface area contributed by atoms with Crippen LogP contribution in [-0.2, 0) is 22.6 Å². The van der Waals surface area contributed by atoms with E-state index >= 15 is 0 Å². The van der Waals surface area contributed by atoms with E-state index in [-0.39, 0.29) is 12.3 Å². The minimum atomic E-state index is -0.0927. The molecule has 0 fully saturated rings. The monoisotopic (exact) mass is 349 g/mol. The lowest BCUT2D eigenvalue weighted by atomic mass is 10.2. The molecular formula is C17H23N3O3S. The normalized spacial score (nSPS) is 10.8. The highest BCUT2D eigenvalue weighted by Crippen LogP contribution is 2.16. The van der Waals surface area contributed by atoms with Crippen LogP contribution in [0.5, 0.6) is 5.75 Å². The van der Waals surface area contributed by atoms with Crippen LogP contribution in [0.25, 0.3) is 0 Å². The summed E-state index contributed by atoms with van der Waals surface area (Å²) in [6.45, 7) is 3.64. The number of thiazole rings is 1. The number of carbonyl (C=O) groups is 1. The SMILES string of the molecule is COCCN(C)NC(=O)Cc1csc(COc2ccc(C)cc2)n1. The molecule has 1 N–H and O–H groups in total. The van der Waals surface area contributed by atoms with Gasteiger partial charge in [-0.15, -0.1) is 11.3 Å². The summed E-state index contributed by atoms with van der Waals surface area (Å²) in [5, 5.41) is 4.45. The van der Waals surface area contributed by atoms with E-state index in [0.29, 0.717) is 19.8 Å². The summed E-state index contributed by atoms with van der Waals surface area (Å²) >= 11 is 1.50. The lowest BCUT2D eigenvalue weighted by molar-refractivity contribution is -0.124. The second-order valence-corrected chi connectivity index (χ2v) is 6.40. The number of benzene rings is 1. The Bertz CT molecular complexity index is 643. The molecule has 0 bridgehead atoms. The van der Waals surface area contributed by atoms with Crippen LogP contribution in [0.15, 0.2) is 29.6 Å². The molecule has 0 aliphatic carbocycles. The van der Waals surface area contributed by atoms with Gasteiger partial charge in [0.2, 0.25) is 5.91 Å². The molecule has 0 aliphatic rings. The largest absolute Gasteiger partial charge is 0.486 e. The van der Waals surface area contributed by atoms with Crippen LogP contribution in [0.3, 0.4) is 0 Å². The molecule has 0 unspecified atom stereocenters. The molecule has 0 atom stereocenters. The van der Waals surface area contributed by atoms with Crippen molar-refractivity contribution in [1.82, 2.24) is 15.4 Å². The van der Waals surface area contributed by atoms with Crippen molar-refractivity contribution in [2.75, 3.05) is 27.3 Å². The number of hydrogen-bond acceptors (Lipinski definition) is 6. The van der Waals surface area contributed by atoms with Gasteiger partial charge in [0.15, 0.2) is 0 Å². The Morgan fingerprint density at radius 3 is 2.79 bits per heavy atom. The highest BCUT2D eigenvalue weighted by Gasteiger charge is 2.10. The van der Waals surface area contributed by atoms with Gasteiger partial charge in [0, 0.05) is 26.1 Å². The van der Waals surface area contributed by atoms with Crippen molar-refractivity contribution in [3.05, 3.63) is 45.9 Å². The van der Waals surface area contributed by atoms with Gasteiger partial charge in [-0.3, -0.25) is 10.2 Å². The quantitative estimate of drug-likeness (QED) is 0.703. The number of methoxy groups -OCH3 is 1. The summed E-state index contributed by atoms with van der Waals surface area (Å²) in [6, 6.07) is 7.89. The van der Waals surface area contributed by atoms with Gasteiger partial charge in [-0.1, -0.05) is 17.7 Å². The minimum Gasteiger partial charge on any atom is -0.486 e. The van der Waals surface area contributed by atoms with E-state index in [4.69, 9.17) is 9.47 Å². The Hall–Kier alpha value is -1.96. The van der Waals surface area contributed by atoms with E-state index in [2.05, 4.69) is 10.4 Å². The molecule has 0 aliphatic heterocycles. The van der Waals surface area contributed by atoms with Gasteiger partial charge < -0.3 is 9.47 Å². The Morgan fingerprint density at radius 1 is 1.33 bits per heavy atom. The van der Waals surface area contributed by atoms with Crippen LogP contribution >= 0.6 is 11.3 Å². The standard InChI is InChI=1S/C17H23N3O3S/c1-13-4-6-15(7-5-13)23-11-17-18-14(12-24-17)10-16(21)19-20(2)8-9-22-3/h4-7,12H,8-11H2,1-3H3,(H,19,21). The smallest absolute Gasteiger partial charge is 0.240 e. The first-order valence-electron chi connectivity index (χ1n) is 7.69. The second kappa shape index (κ2) is 9.36. The average Bonchev–Trinajstić information content (AvgIpc) is 2.99. The first-order chi connectivity index (χ1) is 11.6. The lowest BCUT2D eigenvalue weighted by Gasteiger charge is -2.16. The fraction of sp³-hybridized carbons (Fsp3) is 0.412. The van der Waals surface area contributed by atoms with Crippen molar-refractivity contribution in [2.45, 2.75) is 20.0 Å². The van der Waals surface area contributed by atoms with E-state index in [9.17, 15) is 4.79 Å². The van der Waals surface area contributed by atoms with E-state index in [1.807, 2.05) is 36.6 Å². The van der Waals surface area contributed by atoms with Crippen LogP contribution in [0.1, 0.15) is 16.3 Å². The molecule has 0 saturated heterocycles. The molecule has 6 nitrogen and oxygen atoms in total. The Balaban J connectivity index is 1.77. The van der Waals surface area contributed by atoms with Crippen molar-refractivity contribution in [3.63, 3.8) is 0 Å². The van der Waals surface area contributed by atoms with Gasteiger partial charge in [-0.2, -0.15) is 0 Å². The number of hydrogen-bond donors (Lipinski definition) is 1. The molecule has 1 aromatic heterocycles. The molecule has 2 aromatic rings. The van der Waals surface area contributed by atoms with Crippen molar-refractivity contribution < 1.29 is 14.3 Å². The number of ether oxygens (including phenoxy) is 2. The van der Waals surface area contributed by atoms with Gasteiger partial charge >= 0.3 is 0 Å². The van der Waals surface area contributed by atoms with Crippen LogP contribution in [0, 0.1) is 6.92 Å². The topological polar surface area (TPSA) is 63.7 Å². The molecule has 0 spiro atoms. The third-order valence-electron chi connectivity index (χ3n) is 3.27. The highest BCUT2D eigenvalue weighted by molar-refractivity contribution is 7.09. The van der Waals surface area contributed by atoms with Crippen molar-refractivity contribution in [1.29, 1.82) is 0 Å². The summed E-state index contributed by atoms with van der Waals surface area (Å²) < 4.78 is 10.7. The number of aromatic nitrogens is 1. The summed E-state index contributed by atoms with van der Waals surface area (Å²) in [5.74, 6) is 0.722. The Kier molecular flexibility index (Phi) is 7.17. The second-order valence-electron chi connectivity index (χ2n) is 5.46. The minimum absolute atomic E-state index is 0.0927. The zero-order valence-corrected chi connectivity index (χ0v) is 15.1. The van der Waals surface area contributed by atoms with E-state index in [0.717, 1.165) is 16.5 Å². The zero-order valence-electron chi connectivity index (χ0n) is 14.2. The maximum absolute atomic E-state index is 11.9. The van der Waals surface area contributed by atoms with Crippen molar-refractivity contribution >= 4 is 17.2 Å². The lowest BCUT2D eigenvalue weighted by Crippen LogP contribution is -2.41. The Morgan fingerprint density at radius 2 is 2.08 bits per heavy atom. The van der Waals surface area contributed by atoms with Gasteiger partial charge in [0.05, 0.1) is 18.7 Å². The van der Waals surface area contributed by atoms with Crippen LogP contribution in [0.4, 0.5) is 0 Å². The summed E-state index contributed by atoms with van der Waals surface area (Å²) in [7, 11) is 3.43. The molecular weight excluding hydrogens is 326 g/mol. The molecule has 7 heteroatoms. The van der Waals surface area contributed by atoms with E-state index in [1.165, 1.54) is 16.9 Å². The molecule has 1 amide bonds. The first-order valence-corrected chi connectivity index (χ1v) is 8.57. The van der Waals surface area contributed by atoms with Crippen LogP contribution < -0.4 is 10.2 Å². The predicted molar refractivity (Wildman–Crippen MR) is 94.0 cm³/mol. The van der Waals surface area contributed by atoms with E-state index < -0.39 is 0 Å². The van der Waals surface area contributed by atoms with Gasteiger partial charge in [-0.05, 0) is 19.1 Å². The average molecular weight is 349 g/mol. The molecule has 24 heavy (non-hydrogen) atoms. The Labute approximate surface area is 146 Å². The van der Waals surface area contributed by atoms with Crippen molar-refractivity contribution in [2.24, 2.45) is 0 Å². The molecule has 1 heterocycles. The number of rotatable bonds is 9. The fourth-order valence-corrected chi connectivity index (χ4v) is 2.68. The predicted octanol–water partition coefficient (Wildman–Crippen LogP) is 2.18. The summed E-state index contributed by atoms with van der Waals surface area (Å²) in [5.41, 5.74) is 4.73. The van der Waals surface area contributed by atoms with Crippen LogP contribution in [0.2, 0.25) is 0 Å². The number of hydrazine groups is 1. The molecule has 0 radical (unpaired) electrons. The summed E-state index contributed by atoms with van der Waals surface area (Å²) in [6.07, 6.45) is 0.248. The highest BCUT2D eigenvalue weighted by atomic mass is 32.1. The number of carbonyl (C=O) groups excluding carboxylic acids is 1. The molecule has 2 rings (SSSR count). The van der Waals surface area contributed by atoms with E-state index in [1.54, 1.807) is 19.2 Å². The first kappa shape index (κ1) is 18.4. The van der Waals surface area contributed by atoms with Gasteiger partial charge in [0.1, 0.15) is 17.4 Å².